The molecule has 2 saturated carbocycles. The van der Waals surface area contributed by atoms with Crippen molar-refractivity contribution in [3.8, 4) is 0 Å². The Morgan fingerprint density at radius 3 is 2.00 bits per heavy atom. The number of nitrogens with two attached hydrogens (primary N) is 1. The van der Waals surface area contributed by atoms with E-state index in [-0.39, 0.29) is 0 Å². The molecule has 0 aromatic heterocycles. The Labute approximate surface area is 75.7 Å². The highest BCUT2D eigenvalue weighted by molar-refractivity contribution is 5.06. The van der Waals surface area contributed by atoms with Gasteiger partial charge in [0.25, 0.3) is 0 Å². The molecule has 0 unspecified atom stereocenters. The van der Waals surface area contributed by atoms with Crippen molar-refractivity contribution < 1.29 is 0 Å². The summed E-state index contributed by atoms with van der Waals surface area (Å²) in [4.78, 5) is 0. The first-order chi connectivity index (χ1) is 5.72. The summed E-state index contributed by atoms with van der Waals surface area (Å²) in [6.45, 7) is 3.41. The highest BCUT2D eigenvalue weighted by Crippen LogP contribution is 2.62. The van der Waals surface area contributed by atoms with Crippen LogP contribution in [0.3, 0.4) is 0 Å². The van der Waals surface area contributed by atoms with Crippen LogP contribution in [0.15, 0.2) is 0 Å². The van der Waals surface area contributed by atoms with Crippen LogP contribution in [0.2, 0.25) is 0 Å². The average Bonchev–Trinajstić information content (AvgIpc) is 2.86. The van der Waals surface area contributed by atoms with Gasteiger partial charge in [-0.3, -0.25) is 0 Å². The Morgan fingerprint density at radius 2 is 1.58 bits per heavy atom. The Hall–Kier alpha value is -0.0400. The lowest BCUT2D eigenvalue weighted by molar-refractivity contribution is 0.104. The predicted octanol–water partition coefficient (Wildman–Crippen LogP) is 2.70. The zero-order chi connectivity index (χ0) is 8.66. The van der Waals surface area contributed by atoms with E-state index >= 15 is 0 Å². The summed E-state index contributed by atoms with van der Waals surface area (Å²) in [5, 5.41) is 0. The second kappa shape index (κ2) is 2.73. The van der Waals surface area contributed by atoms with E-state index in [9.17, 15) is 0 Å². The van der Waals surface area contributed by atoms with Crippen molar-refractivity contribution in [1.29, 1.82) is 0 Å². The van der Waals surface area contributed by atoms with Crippen LogP contribution >= 0.6 is 0 Å². The summed E-state index contributed by atoms with van der Waals surface area (Å²) in [7, 11) is 0. The lowest BCUT2D eigenvalue weighted by Gasteiger charge is -2.41. The maximum Gasteiger partial charge on any atom is -0.00153 e. The summed E-state index contributed by atoms with van der Waals surface area (Å²) in [5.74, 6) is 0. The van der Waals surface area contributed by atoms with Gasteiger partial charge in [0.2, 0.25) is 0 Å². The minimum Gasteiger partial charge on any atom is -0.330 e. The van der Waals surface area contributed by atoms with Crippen LogP contribution < -0.4 is 5.73 Å². The smallest absolute Gasteiger partial charge is 0.00153 e. The molecule has 2 fully saturated rings. The first-order valence-electron chi connectivity index (χ1n) is 5.43. The van der Waals surface area contributed by atoms with Crippen molar-refractivity contribution in [3.05, 3.63) is 0 Å². The molecule has 70 valence electrons. The molecule has 1 heteroatoms. The quantitative estimate of drug-likeness (QED) is 0.672. The molecule has 0 bridgehead atoms. The van der Waals surface area contributed by atoms with Gasteiger partial charge in [0.1, 0.15) is 0 Å². The molecule has 0 saturated heterocycles. The van der Waals surface area contributed by atoms with Crippen molar-refractivity contribution in [3.63, 3.8) is 0 Å². The lowest BCUT2D eigenvalue weighted by Crippen LogP contribution is -2.36. The van der Waals surface area contributed by atoms with E-state index in [1.165, 1.54) is 44.9 Å². The molecule has 0 aromatic rings. The molecule has 0 spiro atoms. The van der Waals surface area contributed by atoms with E-state index in [0.29, 0.717) is 10.8 Å². The van der Waals surface area contributed by atoms with E-state index in [0.717, 1.165) is 6.54 Å². The van der Waals surface area contributed by atoms with E-state index < -0.39 is 0 Å². The van der Waals surface area contributed by atoms with Crippen molar-refractivity contribution >= 4 is 0 Å². The fourth-order valence-corrected chi connectivity index (χ4v) is 3.07. The van der Waals surface area contributed by atoms with Crippen LogP contribution in [-0.4, -0.2) is 6.54 Å². The van der Waals surface area contributed by atoms with Gasteiger partial charge < -0.3 is 5.73 Å². The van der Waals surface area contributed by atoms with Gasteiger partial charge in [0.05, 0.1) is 0 Å². The molecule has 1 nitrogen and oxygen atoms in total. The predicted molar refractivity (Wildman–Crippen MR) is 51.9 cm³/mol. The molecule has 2 aliphatic carbocycles. The van der Waals surface area contributed by atoms with Crippen molar-refractivity contribution in [1.82, 2.24) is 0 Å². The minimum absolute atomic E-state index is 0.577. The molecule has 12 heavy (non-hydrogen) atoms. The molecule has 0 radical (unpaired) electrons. The fraction of sp³-hybridized carbons (Fsp3) is 1.00. The van der Waals surface area contributed by atoms with Gasteiger partial charge in [0.15, 0.2) is 0 Å². The molecule has 0 heterocycles. The highest BCUT2D eigenvalue weighted by Gasteiger charge is 2.55. The molecular formula is C11H21N. The maximum absolute atomic E-state index is 5.88. The second-order valence-electron chi connectivity index (χ2n) is 5.11. The zero-order valence-electron chi connectivity index (χ0n) is 8.23. The first kappa shape index (κ1) is 8.55. The van der Waals surface area contributed by atoms with Crippen LogP contribution in [0.5, 0.6) is 0 Å². The summed E-state index contributed by atoms with van der Waals surface area (Å²) >= 11 is 0. The zero-order valence-corrected chi connectivity index (χ0v) is 8.23. The van der Waals surface area contributed by atoms with Gasteiger partial charge in [-0.05, 0) is 43.1 Å². The van der Waals surface area contributed by atoms with Gasteiger partial charge >= 0.3 is 0 Å². The van der Waals surface area contributed by atoms with Gasteiger partial charge in [-0.2, -0.15) is 0 Å². The topological polar surface area (TPSA) is 26.0 Å². The van der Waals surface area contributed by atoms with Crippen LogP contribution in [0.4, 0.5) is 0 Å². The molecule has 2 N–H and O–H groups in total. The van der Waals surface area contributed by atoms with Crippen molar-refractivity contribution in [2.45, 2.75) is 51.9 Å². The van der Waals surface area contributed by atoms with Crippen molar-refractivity contribution in [2.75, 3.05) is 6.54 Å². The summed E-state index contributed by atoms with van der Waals surface area (Å²) in [5.41, 5.74) is 7.07. The van der Waals surface area contributed by atoms with Crippen LogP contribution in [0.1, 0.15) is 51.9 Å². The van der Waals surface area contributed by atoms with Crippen LogP contribution in [-0.2, 0) is 0 Å². The fourth-order valence-electron chi connectivity index (χ4n) is 3.07. The molecule has 0 amide bonds. The largest absolute Gasteiger partial charge is 0.330 e. The minimum atomic E-state index is 0.577. The molecule has 2 aliphatic rings. The number of hydrogen-bond donors (Lipinski definition) is 1. The Bertz CT molecular complexity index is 164. The third-order valence-corrected chi connectivity index (χ3v) is 4.48. The molecule has 0 atom stereocenters. The normalized spacial score (nSPS) is 31.5. The molecular weight excluding hydrogens is 146 g/mol. The third kappa shape index (κ3) is 1.10. The van der Waals surface area contributed by atoms with E-state index in [1.54, 1.807) is 0 Å². The second-order valence-corrected chi connectivity index (χ2v) is 5.11. The maximum atomic E-state index is 5.88. The number of rotatable bonds is 2. The molecule has 0 aromatic carbocycles. The van der Waals surface area contributed by atoms with Gasteiger partial charge in [-0.1, -0.05) is 26.2 Å². The van der Waals surface area contributed by atoms with Crippen LogP contribution in [0, 0.1) is 10.8 Å². The third-order valence-electron chi connectivity index (χ3n) is 4.48. The van der Waals surface area contributed by atoms with Gasteiger partial charge in [-0.15, -0.1) is 0 Å². The van der Waals surface area contributed by atoms with E-state index in [2.05, 4.69) is 6.92 Å². The monoisotopic (exact) mass is 167 g/mol. The van der Waals surface area contributed by atoms with Gasteiger partial charge in [0, 0.05) is 0 Å². The number of hydrogen-bond acceptors (Lipinski definition) is 1. The lowest BCUT2D eigenvalue weighted by atomic mass is 9.65. The Kier molecular flexibility index (Phi) is 1.95. The Balaban J connectivity index is 2.08. The average molecular weight is 167 g/mol. The van der Waals surface area contributed by atoms with Crippen molar-refractivity contribution in [2.24, 2.45) is 16.6 Å². The standard InChI is InChI=1S/C11H21N/c1-10(5-3-2-4-6-10)11(9-12)7-8-11/h2-9,12H2,1H3. The summed E-state index contributed by atoms with van der Waals surface area (Å²) in [6.07, 6.45) is 10.0. The highest BCUT2D eigenvalue weighted by atomic mass is 14.7. The summed E-state index contributed by atoms with van der Waals surface area (Å²) < 4.78 is 0. The molecule has 2 rings (SSSR count). The van der Waals surface area contributed by atoms with E-state index in [1.807, 2.05) is 0 Å². The van der Waals surface area contributed by atoms with Gasteiger partial charge in [-0.25, -0.2) is 0 Å². The Morgan fingerprint density at radius 1 is 1.00 bits per heavy atom. The van der Waals surface area contributed by atoms with Crippen LogP contribution in [0.25, 0.3) is 0 Å². The summed E-state index contributed by atoms with van der Waals surface area (Å²) in [6, 6.07) is 0. The molecule has 0 aliphatic heterocycles. The van der Waals surface area contributed by atoms with E-state index in [4.69, 9.17) is 5.73 Å². The SMILES string of the molecule is CC1(C2(CN)CC2)CCCCC1. The first-order valence-corrected chi connectivity index (χ1v) is 5.43.